The molecule has 0 saturated heterocycles. The van der Waals surface area contributed by atoms with E-state index in [1.807, 2.05) is 11.4 Å². The number of nitrogens with zero attached hydrogens (tertiary/aromatic N) is 3. The highest BCUT2D eigenvalue weighted by Crippen LogP contribution is 2.25. The van der Waals surface area contributed by atoms with E-state index in [2.05, 4.69) is 23.9 Å². The van der Waals surface area contributed by atoms with Gasteiger partial charge in [0.1, 0.15) is 5.03 Å². The molecule has 2 aromatic heterocycles. The normalized spacial score (nSPS) is 11.1. The lowest BCUT2D eigenvalue weighted by molar-refractivity contribution is -0.133. The summed E-state index contributed by atoms with van der Waals surface area (Å²) in [5, 5.41) is 16.8. The van der Waals surface area contributed by atoms with E-state index in [0.29, 0.717) is 5.92 Å². The van der Waals surface area contributed by atoms with Crippen LogP contribution >= 0.6 is 23.1 Å². The van der Waals surface area contributed by atoms with Crippen molar-refractivity contribution in [2.45, 2.75) is 25.3 Å². The summed E-state index contributed by atoms with van der Waals surface area (Å²) >= 11 is 2.75. The third-order valence-corrected chi connectivity index (χ3v) is 4.01. The van der Waals surface area contributed by atoms with Crippen LogP contribution in [0, 0.1) is 5.92 Å². The van der Waals surface area contributed by atoms with Crippen LogP contribution in [0.1, 0.15) is 19.5 Å². The molecule has 1 N–H and O–H groups in total. The molecule has 0 fully saturated rings. The average molecular weight is 297 g/mol. The van der Waals surface area contributed by atoms with Gasteiger partial charge in [-0.1, -0.05) is 25.6 Å². The van der Waals surface area contributed by atoms with Crippen molar-refractivity contribution < 1.29 is 9.90 Å². The van der Waals surface area contributed by atoms with Crippen LogP contribution in [0.3, 0.4) is 0 Å². The summed E-state index contributed by atoms with van der Waals surface area (Å²) in [6.07, 6.45) is 2.59. The van der Waals surface area contributed by atoms with Gasteiger partial charge in [-0.2, -0.15) is 9.78 Å². The largest absolute Gasteiger partial charge is 0.481 e. The molecule has 19 heavy (non-hydrogen) atoms. The number of hydrogen-bond donors (Lipinski definition) is 1. The molecule has 0 amide bonds. The molecule has 0 aliphatic carbocycles. The van der Waals surface area contributed by atoms with Crippen molar-refractivity contribution in [3.63, 3.8) is 0 Å². The van der Waals surface area contributed by atoms with E-state index in [-0.39, 0.29) is 5.75 Å². The van der Waals surface area contributed by atoms with E-state index in [9.17, 15) is 4.79 Å². The van der Waals surface area contributed by atoms with Crippen molar-refractivity contribution in [3.8, 4) is 5.13 Å². The van der Waals surface area contributed by atoms with Gasteiger partial charge < -0.3 is 5.11 Å². The Morgan fingerprint density at radius 3 is 2.95 bits per heavy atom. The Morgan fingerprint density at radius 1 is 1.58 bits per heavy atom. The molecule has 0 aliphatic rings. The number of hydrogen-bond acceptors (Lipinski definition) is 5. The first-order valence-corrected chi connectivity index (χ1v) is 7.76. The molecule has 0 unspecified atom stereocenters. The molecule has 0 radical (unpaired) electrons. The Labute approximate surface area is 119 Å². The molecule has 2 heterocycles. The zero-order valence-electron chi connectivity index (χ0n) is 10.7. The van der Waals surface area contributed by atoms with Crippen LogP contribution in [-0.4, -0.2) is 31.6 Å². The van der Waals surface area contributed by atoms with Gasteiger partial charge in [-0.05, 0) is 18.4 Å². The standard InChI is InChI=1S/C12H15N3O2S2/c1-8(2)5-9-6-10(19-7-11(16)17)15(14-9)12-13-3-4-18-12/h3-4,6,8H,5,7H2,1-2H3,(H,16,17). The van der Waals surface area contributed by atoms with Gasteiger partial charge in [0, 0.05) is 11.6 Å². The Kier molecular flexibility index (Phi) is 4.60. The van der Waals surface area contributed by atoms with Gasteiger partial charge in [-0.25, -0.2) is 4.98 Å². The molecule has 0 atom stereocenters. The number of rotatable bonds is 6. The van der Waals surface area contributed by atoms with Crippen LogP contribution in [0.4, 0.5) is 0 Å². The molecule has 0 bridgehead atoms. The molecule has 5 nitrogen and oxygen atoms in total. The van der Waals surface area contributed by atoms with Gasteiger partial charge in [0.2, 0.25) is 5.13 Å². The number of carboxylic acids is 1. The van der Waals surface area contributed by atoms with Crippen LogP contribution in [-0.2, 0) is 11.2 Å². The first-order valence-electron chi connectivity index (χ1n) is 5.89. The van der Waals surface area contributed by atoms with E-state index in [1.54, 1.807) is 10.9 Å². The molecule has 0 aromatic carbocycles. The van der Waals surface area contributed by atoms with Gasteiger partial charge in [-0.3, -0.25) is 4.79 Å². The molecule has 7 heteroatoms. The minimum absolute atomic E-state index is 0.0260. The van der Waals surface area contributed by atoms with E-state index < -0.39 is 5.97 Å². The lowest BCUT2D eigenvalue weighted by Gasteiger charge is -2.01. The fourth-order valence-corrected chi connectivity index (χ4v) is 3.03. The highest BCUT2D eigenvalue weighted by molar-refractivity contribution is 7.99. The van der Waals surface area contributed by atoms with Crippen molar-refractivity contribution in [1.82, 2.24) is 14.8 Å². The SMILES string of the molecule is CC(C)Cc1cc(SCC(=O)O)n(-c2nccs2)n1. The first kappa shape index (κ1) is 14.1. The fraction of sp³-hybridized carbons (Fsp3) is 0.417. The van der Waals surface area contributed by atoms with Gasteiger partial charge in [0.15, 0.2) is 0 Å². The summed E-state index contributed by atoms with van der Waals surface area (Å²) in [5.74, 6) is -0.294. The summed E-state index contributed by atoms with van der Waals surface area (Å²) in [6.45, 7) is 4.26. The minimum atomic E-state index is -0.831. The topological polar surface area (TPSA) is 68.0 Å². The number of thiazole rings is 1. The molecular weight excluding hydrogens is 282 g/mol. The number of aromatic nitrogens is 3. The van der Waals surface area contributed by atoms with E-state index in [4.69, 9.17) is 5.11 Å². The fourth-order valence-electron chi connectivity index (χ4n) is 1.62. The Hall–Kier alpha value is -1.34. The average Bonchev–Trinajstić information content (AvgIpc) is 2.93. The van der Waals surface area contributed by atoms with Crippen LogP contribution in [0.25, 0.3) is 5.13 Å². The lowest BCUT2D eigenvalue weighted by Crippen LogP contribution is -2.02. The maximum atomic E-state index is 10.7. The van der Waals surface area contributed by atoms with Crippen LogP contribution in [0.15, 0.2) is 22.7 Å². The number of thioether (sulfide) groups is 1. The van der Waals surface area contributed by atoms with Crippen LogP contribution in [0.5, 0.6) is 0 Å². The molecule has 2 rings (SSSR count). The molecule has 102 valence electrons. The summed E-state index contributed by atoms with van der Waals surface area (Å²) in [4.78, 5) is 14.9. The summed E-state index contributed by atoms with van der Waals surface area (Å²) in [7, 11) is 0. The van der Waals surface area contributed by atoms with Crippen LogP contribution in [0.2, 0.25) is 0 Å². The quantitative estimate of drug-likeness (QED) is 0.830. The smallest absolute Gasteiger partial charge is 0.313 e. The second-order valence-corrected chi connectivity index (χ2v) is 6.35. The number of aliphatic carboxylic acids is 1. The van der Waals surface area contributed by atoms with Gasteiger partial charge in [0.25, 0.3) is 0 Å². The molecule has 0 aliphatic heterocycles. The van der Waals surface area contributed by atoms with Crippen LogP contribution < -0.4 is 0 Å². The lowest BCUT2D eigenvalue weighted by atomic mass is 10.1. The summed E-state index contributed by atoms with van der Waals surface area (Å²) in [5.41, 5.74) is 0.970. The minimum Gasteiger partial charge on any atom is -0.481 e. The third-order valence-electron chi connectivity index (χ3n) is 2.29. The summed E-state index contributed by atoms with van der Waals surface area (Å²) in [6, 6.07) is 1.95. The molecule has 2 aromatic rings. The second-order valence-electron chi connectivity index (χ2n) is 4.48. The first-order chi connectivity index (χ1) is 9.06. The predicted octanol–water partition coefficient (Wildman–Crippen LogP) is 2.70. The molecule has 0 saturated carbocycles. The highest BCUT2D eigenvalue weighted by Gasteiger charge is 2.14. The Bertz CT molecular complexity index is 549. The monoisotopic (exact) mass is 297 g/mol. The van der Waals surface area contributed by atoms with Crippen molar-refractivity contribution in [2.24, 2.45) is 5.92 Å². The van der Waals surface area contributed by atoms with E-state index in [1.165, 1.54) is 23.1 Å². The predicted molar refractivity (Wildman–Crippen MR) is 76.1 cm³/mol. The molecule has 0 spiro atoms. The van der Waals surface area contributed by atoms with Gasteiger partial charge in [-0.15, -0.1) is 11.3 Å². The highest BCUT2D eigenvalue weighted by atomic mass is 32.2. The zero-order chi connectivity index (χ0) is 13.8. The van der Waals surface area contributed by atoms with Crippen molar-refractivity contribution in [1.29, 1.82) is 0 Å². The van der Waals surface area contributed by atoms with E-state index >= 15 is 0 Å². The van der Waals surface area contributed by atoms with E-state index in [0.717, 1.165) is 22.3 Å². The maximum absolute atomic E-state index is 10.7. The third kappa shape index (κ3) is 3.81. The van der Waals surface area contributed by atoms with Gasteiger partial charge >= 0.3 is 5.97 Å². The maximum Gasteiger partial charge on any atom is 0.313 e. The second kappa shape index (κ2) is 6.21. The summed E-state index contributed by atoms with van der Waals surface area (Å²) < 4.78 is 1.73. The molecular formula is C12H15N3O2S2. The number of carbonyl (C=O) groups is 1. The zero-order valence-corrected chi connectivity index (χ0v) is 12.4. The number of carboxylic acid groups (broad SMARTS) is 1. The Balaban J connectivity index is 2.27. The van der Waals surface area contributed by atoms with Crippen molar-refractivity contribution in [3.05, 3.63) is 23.3 Å². The van der Waals surface area contributed by atoms with Gasteiger partial charge in [0.05, 0.1) is 11.4 Å². The van der Waals surface area contributed by atoms with Crippen molar-refractivity contribution in [2.75, 3.05) is 5.75 Å². The Morgan fingerprint density at radius 2 is 2.37 bits per heavy atom. The van der Waals surface area contributed by atoms with Crippen molar-refractivity contribution >= 4 is 29.1 Å².